The van der Waals surface area contributed by atoms with Crippen molar-refractivity contribution in [2.75, 3.05) is 53.6 Å². The van der Waals surface area contributed by atoms with E-state index < -0.39 is 11.2 Å². The van der Waals surface area contributed by atoms with Gasteiger partial charge in [-0.3, -0.25) is 28.9 Å². The van der Waals surface area contributed by atoms with Gasteiger partial charge in [0.2, 0.25) is 5.75 Å². The average Bonchev–Trinajstić information content (AvgIpc) is 3.23. The van der Waals surface area contributed by atoms with E-state index in [0.717, 1.165) is 74.7 Å². The van der Waals surface area contributed by atoms with Crippen molar-refractivity contribution < 1.29 is 19.0 Å². The number of carbonyl (C=O) groups excluding carboxylic acids is 1. The summed E-state index contributed by atoms with van der Waals surface area (Å²) < 4.78 is 21.2. The van der Waals surface area contributed by atoms with E-state index >= 15 is 0 Å². The van der Waals surface area contributed by atoms with Crippen molar-refractivity contribution in [1.29, 1.82) is 0 Å². The van der Waals surface area contributed by atoms with E-state index in [1.165, 1.54) is 16.8 Å². The molecule has 57 heavy (non-hydrogen) atoms. The second-order valence-corrected chi connectivity index (χ2v) is 15.4. The van der Waals surface area contributed by atoms with Gasteiger partial charge in [0.15, 0.2) is 11.5 Å². The highest BCUT2D eigenvalue weighted by atomic mass is 35.5. The molecule has 0 atom stereocenters. The number of ether oxygens (including phenoxy) is 3. The molecule has 5 aromatic rings. The molecule has 0 unspecified atom stereocenters. The Balaban J connectivity index is 0.932. The number of likely N-dealkylation sites (tertiary alicyclic amines) is 2. The van der Waals surface area contributed by atoms with Crippen LogP contribution in [0, 0.1) is 11.8 Å². The van der Waals surface area contributed by atoms with Crippen molar-refractivity contribution in [3.8, 4) is 34.1 Å². The van der Waals surface area contributed by atoms with Crippen LogP contribution >= 0.6 is 11.6 Å². The lowest BCUT2D eigenvalue weighted by Crippen LogP contribution is -2.43. The van der Waals surface area contributed by atoms with Gasteiger partial charge in [0.25, 0.3) is 17.0 Å². The lowest BCUT2D eigenvalue weighted by Gasteiger charge is -2.37. The lowest BCUT2D eigenvalue weighted by atomic mass is 9.93. The standard InChI is InChI=1S/C43H49ClN6O7/c1-4-5-15-49-26-34(32-8-14-45-24-33(32)42(49)53)31-22-37(55-2)40(38(23-31)56-3)57-27-29-9-16-47(17-10-29)25-28-11-18-48(19-12-28)41(52)30-6-7-35(44)36(21-30)50-20-13-39(51)46-43(50)54/h6-8,13-14,20-24,26,28-29H,4-5,9-12,15-19,25,27H2,1-3H3,(H,46,51,54). The first-order valence-corrected chi connectivity index (χ1v) is 20.0. The van der Waals surface area contributed by atoms with Crippen LogP contribution in [0.4, 0.5) is 0 Å². The number of fused-ring (bicyclic) bond motifs is 1. The van der Waals surface area contributed by atoms with Crippen LogP contribution in [-0.4, -0.2) is 88.4 Å². The van der Waals surface area contributed by atoms with E-state index in [2.05, 4.69) is 21.8 Å². The number of carbonyl (C=O) groups is 1. The highest BCUT2D eigenvalue weighted by molar-refractivity contribution is 6.32. The highest BCUT2D eigenvalue weighted by Gasteiger charge is 2.28. The zero-order chi connectivity index (χ0) is 40.1. The zero-order valence-corrected chi connectivity index (χ0v) is 33.4. The van der Waals surface area contributed by atoms with E-state index in [1.54, 1.807) is 49.4 Å². The third-order valence-electron chi connectivity index (χ3n) is 11.3. The quantitative estimate of drug-likeness (QED) is 0.152. The molecule has 2 aliphatic rings. The Bertz CT molecular complexity index is 2390. The Morgan fingerprint density at radius 3 is 2.32 bits per heavy atom. The van der Waals surface area contributed by atoms with Gasteiger partial charge in [0, 0.05) is 68.2 Å². The number of piperidine rings is 2. The maximum absolute atomic E-state index is 13.5. The topological polar surface area (TPSA) is 141 Å². The molecule has 300 valence electrons. The van der Waals surface area contributed by atoms with Gasteiger partial charge < -0.3 is 28.6 Å². The number of H-pyrrole nitrogens is 1. The van der Waals surface area contributed by atoms with Crippen LogP contribution in [0.3, 0.4) is 0 Å². The number of rotatable bonds is 13. The third-order valence-corrected chi connectivity index (χ3v) is 11.6. The Kier molecular flexibility index (Phi) is 12.4. The Labute approximate surface area is 335 Å². The summed E-state index contributed by atoms with van der Waals surface area (Å²) in [5, 5.41) is 1.70. The average molecular weight is 797 g/mol. The van der Waals surface area contributed by atoms with Gasteiger partial charge in [-0.05, 0) is 104 Å². The molecule has 0 spiro atoms. The number of halogens is 1. The maximum Gasteiger partial charge on any atom is 0.332 e. The molecule has 7 rings (SSSR count). The predicted octanol–water partition coefficient (Wildman–Crippen LogP) is 6.02. The summed E-state index contributed by atoms with van der Waals surface area (Å²) in [5.74, 6) is 2.48. The van der Waals surface area contributed by atoms with Gasteiger partial charge in [-0.1, -0.05) is 24.9 Å². The molecule has 0 bridgehead atoms. The maximum atomic E-state index is 13.5. The van der Waals surface area contributed by atoms with Crippen LogP contribution in [0.2, 0.25) is 5.02 Å². The SMILES string of the molecule is CCCCn1cc(-c2cc(OC)c(OCC3CCN(CC4CCN(C(=O)c5ccc(Cl)c(-n6ccc(=O)[nH]c6=O)c5)CC4)CC3)c(OC)c2)c2ccncc2c1=O. The van der Waals surface area contributed by atoms with Crippen molar-refractivity contribution in [3.63, 3.8) is 0 Å². The third kappa shape index (κ3) is 8.79. The van der Waals surface area contributed by atoms with Gasteiger partial charge in [-0.15, -0.1) is 0 Å². The molecule has 1 N–H and O–H groups in total. The number of nitrogens with zero attached hydrogens (tertiary/aromatic N) is 5. The molecule has 5 heterocycles. The number of aromatic nitrogens is 4. The normalized spacial score (nSPS) is 15.5. The van der Waals surface area contributed by atoms with Gasteiger partial charge in [-0.2, -0.15) is 0 Å². The van der Waals surface area contributed by atoms with Gasteiger partial charge in [0.05, 0.1) is 36.9 Å². The van der Waals surface area contributed by atoms with Crippen molar-refractivity contribution in [2.24, 2.45) is 11.8 Å². The molecular formula is C43H49ClN6O7. The highest BCUT2D eigenvalue weighted by Crippen LogP contribution is 2.43. The molecule has 1 amide bonds. The van der Waals surface area contributed by atoms with Crippen LogP contribution in [0.1, 0.15) is 55.8 Å². The Hall–Kier alpha value is -5.40. The Morgan fingerprint density at radius 2 is 1.63 bits per heavy atom. The summed E-state index contributed by atoms with van der Waals surface area (Å²) in [4.78, 5) is 61.5. The molecule has 0 saturated carbocycles. The van der Waals surface area contributed by atoms with E-state index in [1.807, 2.05) is 29.3 Å². The number of nitrogens with one attached hydrogen (secondary N) is 1. The van der Waals surface area contributed by atoms with E-state index in [0.29, 0.717) is 77.0 Å². The molecule has 2 fully saturated rings. The number of hydrogen-bond donors (Lipinski definition) is 1. The second-order valence-electron chi connectivity index (χ2n) is 15.0. The molecule has 0 radical (unpaired) electrons. The number of amides is 1. The van der Waals surface area contributed by atoms with Crippen molar-refractivity contribution >= 4 is 28.3 Å². The van der Waals surface area contributed by atoms with Crippen LogP contribution in [0.15, 0.2) is 81.6 Å². The number of hydrogen-bond acceptors (Lipinski definition) is 9. The first kappa shape index (κ1) is 39.8. The summed E-state index contributed by atoms with van der Waals surface area (Å²) >= 11 is 6.37. The number of benzene rings is 2. The molecule has 2 aliphatic heterocycles. The summed E-state index contributed by atoms with van der Waals surface area (Å²) in [5.41, 5.74) is 1.37. The molecule has 2 saturated heterocycles. The minimum absolute atomic E-state index is 0.0471. The molecule has 13 nitrogen and oxygen atoms in total. The smallest absolute Gasteiger partial charge is 0.332 e. The number of pyridine rings is 2. The molecule has 14 heteroatoms. The number of methoxy groups -OCH3 is 2. The van der Waals surface area contributed by atoms with Crippen LogP contribution < -0.4 is 31.0 Å². The Morgan fingerprint density at radius 1 is 0.912 bits per heavy atom. The molecular weight excluding hydrogens is 748 g/mol. The predicted molar refractivity (Wildman–Crippen MR) is 220 cm³/mol. The fourth-order valence-electron chi connectivity index (χ4n) is 7.98. The van der Waals surface area contributed by atoms with Gasteiger partial charge in [-0.25, -0.2) is 4.79 Å². The van der Waals surface area contributed by atoms with Crippen LogP contribution in [0.5, 0.6) is 17.2 Å². The van der Waals surface area contributed by atoms with Crippen LogP contribution in [0.25, 0.3) is 27.6 Å². The van der Waals surface area contributed by atoms with Crippen molar-refractivity contribution in [1.82, 2.24) is 28.9 Å². The second kappa shape index (κ2) is 17.8. The van der Waals surface area contributed by atoms with Gasteiger partial charge in [0.1, 0.15) is 0 Å². The van der Waals surface area contributed by atoms with E-state index in [4.69, 9.17) is 25.8 Å². The van der Waals surface area contributed by atoms with E-state index in [9.17, 15) is 19.2 Å². The summed E-state index contributed by atoms with van der Waals surface area (Å²) in [6.07, 6.45) is 12.3. The van der Waals surface area contributed by atoms with Crippen LogP contribution in [-0.2, 0) is 6.54 Å². The number of aryl methyl sites for hydroxylation is 1. The monoisotopic (exact) mass is 796 g/mol. The minimum atomic E-state index is -0.620. The van der Waals surface area contributed by atoms with Crippen molar-refractivity contribution in [3.05, 3.63) is 109 Å². The molecule has 3 aromatic heterocycles. The molecule has 2 aromatic carbocycles. The number of unbranched alkanes of at least 4 members (excludes halogenated alkanes) is 1. The first-order chi connectivity index (χ1) is 27.7. The fraction of sp³-hybridized carbons (Fsp3) is 0.419. The summed E-state index contributed by atoms with van der Waals surface area (Å²) in [6.45, 7) is 7.54. The first-order valence-electron chi connectivity index (χ1n) is 19.7. The zero-order valence-electron chi connectivity index (χ0n) is 32.7. The summed E-state index contributed by atoms with van der Waals surface area (Å²) in [6, 6.07) is 11.9. The molecule has 0 aliphatic carbocycles. The van der Waals surface area contributed by atoms with Crippen molar-refractivity contribution in [2.45, 2.75) is 52.0 Å². The van der Waals surface area contributed by atoms with E-state index in [-0.39, 0.29) is 11.5 Å². The largest absolute Gasteiger partial charge is 0.493 e. The number of aromatic amines is 1. The summed E-state index contributed by atoms with van der Waals surface area (Å²) in [7, 11) is 3.25. The van der Waals surface area contributed by atoms with Gasteiger partial charge >= 0.3 is 5.69 Å². The minimum Gasteiger partial charge on any atom is -0.493 e. The lowest BCUT2D eigenvalue weighted by molar-refractivity contribution is 0.0642. The fourth-order valence-corrected chi connectivity index (χ4v) is 8.19.